The predicted octanol–water partition coefficient (Wildman–Crippen LogP) is 1.61. The Kier molecular flexibility index (Phi) is 3.39. The van der Waals surface area contributed by atoms with Crippen molar-refractivity contribution in [2.24, 2.45) is 4.99 Å². The van der Waals surface area contributed by atoms with Gasteiger partial charge in [0, 0.05) is 12.7 Å². The molecule has 0 spiro atoms. The minimum Gasteiger partial charge on any atom is -0.474 e. The molecule has 0 aromatic carbocycles. The van der Waals surface area contributed by atoms with E-state index >= 15 is 0 Å². The molecule has 1 aliphatic heterocycles. The van der Waals surface area contributed by atoms with Crippen molar-refractivity contribution < 1.29 is 4.74 Å². The van der Waals surface area contributed by atoms with Gasteiger partial charge in [-0.3, -0.25) is 4.99 Å². The van der Waals surface area contributed by atoms with Gasteiger partial charge in [0.2, 0.25) is 5.88 Å². The van der Waals surface area contributed by atoms with Crippen molar-refractivity contribution in [1.82, 2.24) is 10.3 Å². The van der Waals surface area contributed by atoms with Crippen LogP contribution in [0.2, 0.25) is 0 Å². The highest BCUT2D eigenvalue weighted by atomic mass is 16.5. The number of ether oxygens (including phenoxy) is 1. The molecule has 1 unspecified atom stereocenters. The number of nitrogens with zero attached hydrogens (tertiary/aromatic N) is 2. The molecular formula is C12H17N3O. The Hall–Kier alpha value is -1.58. The first kappa shape index (κ1) is 10.9. The summed E-state index contributed by atoms with van der Waals surface area (Å²) in [5.41, 5.74) is 0.959. The van der Waals surface area contributed by atoms with E-state index in [1.54, 1.807) is 6.20 Å². The van der Waals surface area contributed by atoms with Crippen LogP contribution < -0.4 is 10.1 Å². The molecule has 0 radical (unpaired) electrons. The molecule has 0 aliphatic carbocycles. The number of amidine groups is 1. The molecular weight excluding hydrogens is 202 g/mol. The third-order valence-corrected chi connectivity index (χ3v) is 2.59. The summed E-state index contributed by atoms with van der Waals surface area (Å²) in [6, 6.07) is 3.89. The fourth-order valence-electron chi connectivity index (χ4n) is 1.52. The van der Waals surface area contributed by atoms with Crippen LogP contribution in [0, 0.1) is 0 Å². The quantitative estimate of drug-likeness (QED) is 0.836. The van der Waals surface area contributed by atoms with Gasteiger partial charge >= 0.3 is 0 Å². The molecule has 4 nitrogen and oxygen atoms in total. The van der Waals surface area contributed by atoms with Gasteiger partial charge < -0.3 is 10.1 Å². The van der Waals surface area contributed by atoms with Crippen molar-refractivity contribution in [2.45, 2.75) is 26.4 Å². The van der Waals surface area contributed by atoms with Crippen LogP contribution in [0.5, 0.6) is 5.88 Å². The number of pyridine rings is 1. The first-order valence-electron chi connectivity index (χ1n) is 5.71. The molecule has 1 atom stereocenters. The Labute approximate surface area is 95.8 Å². The summed E-state index contributed by atoms with van der Waals surface area (Å²) in [4.78, 5) is 8.65. The van der Waals surface area contributed by atoms with Gasteiger partial charge in [0.25, 0.3) is 0 Å². The SMILES string of the molecule is CCC(C)Oc1ncccc1C1=NCCN1. The number of aromatic nitrogens is 1. The van der Waals surface area contributed by atoms with Gasteiger partial charge in [0.1, 0.15) is 5.84 Å². The molecule has 0 saturated carbocycles. The zero-order chi connectivity index (χ0) is 11.4. The second-order valence-electron chi connectivity index (χ2n) is 3.85. The van der Waals surface area contributed by atoms with Crippen LogP contribution in [0.15, 0.2) is 23.3 Å². The van der Waals surface area contributed by atoms with Gasteiger partial charge in [-0.2, -0.15) is 0 Å². The fraction of sp³-hybridized carbons (Fsp3) is 0.500. The average molecular weight is 219 g/mol. The summed E-state index contributed by atoms with van der Waals surface area (Å²) in [5, 5.41) is 3.23. The van der Waals surface area contributed by atoms with Gasteiger partial charge in [0.05, 0.1) is 18.2 Å². The lowest BCUT2D eigenvalue weighted by Gasteiger charge is -2.14. The fourth-order valence-corrected chi connectivity index (χ4v) is 1.52. The van der Waals surface area contributed by atoms with Crippen LogP contribution in [-0.2, 0) is 0 Å². The van der Waals surface area contributed by atoms with Crippen LogP contribution in [0.1, 0.15) is 25.8 Å². The van der Waals surface area contributed by atoms with Gasteiger partial charge in [-0.15, -0.1) is 0 Å². The number of rotatable bonds is 4. The molecule has 0 saturated heterocycles. The molecule has 2 rings (SSSR count). The first-order valence-corrected chi connectivity index (χ1v) is 5.71. The predicted molar refractivity (Wildman–Crippen MR) is 64.0 cm³/mol. The second kappa shape index (κ2) is 4.96. The molecule has 16 heavy (non-hydrogen) atoms. The van der Waals surface area contributed by atoms with Crippen molar-refractivity contribution in [3.05, 3.63) is 23.9 Å². The van der Waals surface area contributed by atoms with Crippen LogP contribution in [0.3, 0.4) is 0 Å². The molecule has 1 aliphatic rings. The molecule has 0 fully saturated rings. The van der Waals surface area contributed by atoms with Crippen molar-refractivity contribution in [2.75, 3.05) is 13.1 Å². The van der Waals surface area contributed by atoms with E-state index in [2.05, 4.69) is 22.2 Å². The second-order valence-corrected chi connectivity index (χ2v) is 3.85. The van der Waals surface area contributed by atoms with Gasteiger partial charge in [-0.05, 0) is 25.5 Å². The molecule has 1 N–H and O–H groups in total. The molecule has 4 heteroatoms. The minimum absolute atomic E-state index is 0.177. The van der Waals surface area contributed by atoms with E-state index in [0.29, 0.717) is 5.88 Å². The van der Waals surface area contributed by atoms with E-state index in [9.17, 15) is 0 Å². The Morgan fingerprint density at radius 3 is 3.12 bits per heavy atom. The van der Waals surface area contributed by atoms with Crippen LogP contribution in [0.4, 0.5) is 0 Å². The van der Waals surface area contributed by atoms with E-state index in [0.717, 1.165) is 30.9 Å². The third-order valence-electron chi connectivity index (χ3n) is 2.59. The van der Waals surface area contributed by atoms with Gasteiger partial charge in [0.15, 0.2) is 0 Å². The molecule has 1 aromatic rings. The number of nitrogens with one attached hydrogen (secondary N) is 1. The summed E-state index contributed by atoms with van der Waals surface area (Å²) in [7, 11) is 0. The van der Waals surface area contributed by atoms with Crippen molar-refractivity contribution in [3.63, 3.8) is 0 Å². The lowest BCUT2D eigenvalue weighted by molar-refractivity contribution is 0.208. The highest BCUT2D eigenvalue weighted by Crippen LogP contribution is 2.17. The normalized spacial score (nSPS) is 16.5. The maximum Gasteiger partial charge on any atom is 0.224 e. The highest BCUT2D eigenvalue weighted by Gasteiger charge is 2.15. The summed E-state index contributed by atoms with van der Waals surface area (Å²) in [6.45, 7) is 5.86. The number of hydrogen-bond acceptors (Lipinski definition) is 4. The molecule has 86 valence electrons. The minimum atomic E-state index is 0.177. The van der Waals surface area contributed by atoms with E-state index in [4.69, 9.17) is 4.74 Å². The smallest absolute Gasteiger partial charge is 0.224 e. The number of hydrogen-bond donors (Lipinski definition) is 1. The van der Waals surface area contributed by atoms with E-state index in [-0.39, 0.29) is 6.10 Å². The molecule has 0 bridgehead atoms. The lowest BCUT2D eigenvalue weighted by atomic mass is 10.2. The van der Waals surface area contributed by atoms with Crippen molar-refractivity contribution in [3.8, 4) is 5.88 Å². The lowest BCUT2D eigenvalue weighted by Crippen LogP contribution is -2.22. The van der Waals surface area contributed by atoms with Gasteiger partial charge in [-0.1, -0.05) is 6.92 Å². The Morgan fingerprint density at radius 2 is 2.44 bits per heavy atom. The molecule has 1 aromatic heterocycles. The van der Waals surface area contributed by atoms with Crippen LogP contribution in [-0.4, -0.2) is 30.0 Å². The largest absolute Gasteiger partial charge is 0.474 e. The summed E-state index contributed by atoms with van der Waals surface area (Å²) in [6.07, 6.45) is 2.89. The zero-order valence-electron chi connectivity index (χ0n) is 9.73. The summed E-state index contributed by atoms with van der Waals surface area (Å²) in [5.74, 6) is 1.57. The van der Waals surface area contributed by atoms with Gasteiger partial charge in [-0.25, -0.2) is 4.98 Å². The maximum atomic E-state index is 5.78. The third kappa shape index (κ3) is 2.32. The maximum absolute atomic E-state index is 5.78. The van der Waals surface area contributed by atoms with Crippen molar-refractivity contribution >= 4 is 5.84 Å². The van der Waals surface area contributed by atoms with Crippen LogP contribution in [0.25, 0.3) is 0 Å². The van der Waals surface area contributed by atoms with E-state index < -0.39 is 0 Å². The Morgan fingerprint density at radius 1 is 1.56 bits per heavy atom. The Bertz CT molecular complexity index is 390. The topological polar surface area (TPSA) is 46.5 Å². The monoisotopic (exact) mass is 219 g/mol. The summed E-state index contributed by atoms with van der Waals surface area (Å²) < 4.78 is 5.78. The first-order chi connectivity index (χ1) is 7.81. The number of aliphatic imine (C=N–C) groups is 1. The molecule has 2 heterocycles. The highest BCUT2D eigenvalue weighted by molar-refractivity contribution is 6.01. The zero-order valence-corrected chi connectivity index (χ0v) is 9.73. The standard InChI is InChI=1S/C12H17N3O/c1-3-9(2)16-12-10(5-4-6-15-12)11-13-7-8-14-11/h4-6,9H,3,7-8H2,1-2H3,(H,13,14). The Balaban J connectivity index is 2.23. The van der Waals surface area contributed by atoms with E-state index in [1.807, 2.05) is 19.1 Å². The van der Waals surface area contributed by atoms with E-state index in [1.165, 1.54) is 0 Å². The average Bonchev–Trinajstić information content (AvgIpc) is 2.83. The summed E-state index contributed by atoms with van der Waals surface area (Å²) >= 11 is 0. The van der Waals surface area contributed by atoms with Crippen molar-refractivity contribution in [1.29, 1.82) is 0 Å². The van der Waals surface area contributed by atoms with Crippen LogP contribution >= 0.6 is 0 Å². The molecule has 0 amide bonds.